The Morgan fingerprint density at radius 1 is 1.08 bits per heavy atom. The van der Waals surface area contributed by atoms with Crippen molar-refractivity contribution in [1.82, 2.24) is 4.90 Å². The summed E-state index contributed by atoms with van der Waals surface area (Å²) < 4.78 is 0. The third-order valence-corrected chi connectivity index (χ3v) is 5.12. The van der Waals surface area contributed by atoms with Crippen molar-refractivity contribution in [2.45, 2.75) is 25.2 Å². The number of anilines is 1. The first-order chi connectivity index (χ1) is 12.5. The Morgan fingerprint density at radius 2 is 1.77 bits per heavy atom. The van der Waals surface area contributed by atoms with Crippen LogP contribution in [-0.4, -0.2) is 35.6 Å². The average Bonchev–Trinajstić information content (AvgIpc) is 2.64. The zero-order chi connectivity index (χ0) is 18.9. The van der Waals surface area contributed by atoms with Crippen molar-refractivity contribution in [2.75, 3.05) is 24.2 Å². The van der Waals surface area contributed by atoms with Crippen molar-refractivity contribution in [2.24, 2.45) is 0 Å². The summed E-state index contributed by atoms with van der Waals surface area (Å²) in [7, 11) is 0. The quantitative estimate of drug-likeness (QED) is 0.649. The molecule has 4 nitrogen and oxygen atoms in total. The molecule has 6 heteroatoms. The molecule has 138 valence electrons. The van der Waals surface area contributed by atoms with E-state index in [1.807, 2.05) is 38.1 Å². The van der Waals surface area contributed by atoms with E-state index in [4.69, 9.17) is 11.6 Å². The van der Waals surface area contributed by atoms with Gasteiger partial charge in [0, 0.05) is 46.4 Å². The highest BCUT2D eigenvalue weighted by atomic mass is 35.5. The SMILES string of the molecule is CCN(CC)C(=O)c1cccc(NC(=O)CCSc2ccc(Cl)cc2)c1. The van der Waals surface area contributed by atoms with E-state index >= 15 is 0 Å². The van der Waals surface area contributed by atoms with Crippen LogP contribution in [0.25, 0.3) is 0 Å². The van der Waals surface area contributed by atoms with Crippen LogP contribution in [0.15, 0.2) is 53.4 Å². The van der Waals surface area contributed by atoms with Gasteiger partial charge in [0.2, 0.25) is 5.91 Å². The molecule has 26 heavy (non-hydrogen) atoms. The minimum absolute atomic E-state index is 0.0237. The third kappa shape index (κ3) is 6.07. The second kappa shape index (κ2) is 10.2. The number of halogens is 1. The topological polar surface area (TPSA) is 49.4 Å². The van der Waals surface area contributed by atoms with Crippen LogP contribution in [-0.2, 0) is 4.79 Å². The molecule has 0 unspecified atom stereocenters. The summed E-state index contributed by atoms with van der Waals surface area (Å²) in [5.41, 5.74) is 1.23. The van der Waals surface area contributed by atoms with Gasteiger partial charge in [0.25, 0.3) is 5.91 Å². The standard InChI is InChI=1S/C20H23ClN2O2S/c1-3-23(4-2)20(25)15-6-5-7-17(14-15)22-19(24)12-13-26-18-10-8-16(21)9-11-18/h5-11,14H,3-4,12-13H2,1-2H3,(H,22,24). The van der Waals surface area contributed by atoms with E-state index in [2.05, 4.69) is 5.32 Å². The normalized spacial score (nSPS) is 10.4. The maximum absolute atomic E-state index is 12.4. The lowest BCUT2D eigenvalue weighted by Crippen LogP contribution is -2.30. The van der Waals surface area contributed by atoms with Gasteiger partial charge >= 0.3 is 0 Å². The Labute approximate surface area is 163 Å². The van der Waals surface area contributed by atoms with E-state index in [1.165, 1.54) is 0 Å². The zero-order valence-corrected chi connectivity index (χ0v) is 16.6. The highest BCUT2D eigenvalue weighted by molar-refractivity contribution is 7.99. The van der Waals surface area contributed by atoms with Gasteiger partial charge in [0.15, 0.2) is 0 Å². The second-order valence-electron chi connectivity index (χ2n) is 5.66. The number of carbonyl (C=O) groups excluding carboxylic acids is 2. The number of hydrogen-bond acceptors (Lipinski definition) is 3. The largest absolute Gasteiger partial charge is 0.339 e. The van der Waals surface area contributed by atoms with Crippen LogP contribution in [0.2, 0.25) is 5.02 Å². The highest BCUT2D eigenvalue weighted by Crippen LogP contribution is 2.21. The number of amides is 2. The predicted octanol–water partition coefficient (Wildman–Crippen LogP) is 4.94. The molecule has 0 aromatic heterocycles. The molecule has 0 aliphatic rings. The van der Waals surface area contributed by atoms with E-state index in [1.54, 1.807) is 40.9 Å². The smallest absolute Gasteiger partial charge is 0.253 e. The number of thioether (sulfide) groups is 1. The Bertz CT molecular complexity index is 746. The summed E-state index contributed by atoms with van der Waals surface area (Å²) in [5.74, 6) is 0.578. The molecule has 2 aromatic rings. The van der Waals surface area contributed by atoms with Gasteiger partial charge in [0.1, 0.15) is 0 Å². The van der Waals surface area contributed by atoms with Crippen LogP contribution >= 0.6 is 23.4 Å². The number of nitrogens with zero attached hydrogens (tertiary/aromatic N) is 1. The fourth-order valence-electron chi connectivity index (χ4n) is 2.44. The Balaban J connectivity index is 1.87. The highest BCUT2D eigenvalue weighted by Gasteiger charge is 2.13. The lowest BCUT2D eigenvalue weighted by atomic mass is 10.1. The summed E-state index contributed by atoms with van der Waals surface area (Å²) in [6, 6.07) is 14.6. The Hall–Kier alpha value is -1.98. The molecular formula is C20H23ClN2O2S. The molecule has 0 aliphatic carbocycles. The molecule has 0 atom stereocenters. The van der Waals surface area contributed by atoms with E-state index in [0.29, 0.717) is 41.5 Å². The molecular weight excluding hydrogens is 368 g/mol. The van der Waals surface area contributed by atoms with E-state index in [9.17, 15) is 9.59 Å². The number of hydrogen-bond donors (Lipinski definition) is 1. The summed E-state index contributed by atoms with van der Waals surface area (Å²) >= 11 is 7.46. The number of carbonyl (C=O) groups is 2. The van der Waals surface area contributed by atoms with Gasteiger partial charge in [-0.25, -0.2) is 0 Å². The Morgan fingerprint density at radius 3 is 2.42 bits per heavy atom. The first kappa shape index (κ1) is 20.3. The molecule has 0 fully saturated rings. The molecule has 0 aliphatic heterocycles. The van der Waals surface area contributed by atoms with Crippen LogP contribution in [0.4, 0.5) is 5.69 Å². The van der Waals surface area contributed by atoms with Gasteiger partial charge < -0.3 is 10.2 Å². The molecule has 0 heterocycles. The van der Waals surface area contributed by atoms with E-state index in [0.717, 1.165) is 4.90 Å². The summed E-state index contributed by atoms with van der Waals surface area (Å²) in [6.45, 7) is 5.22. The lowest BCUT2D eigenvalue weighted by Gasteiger charge is -2.19. The van der Waals surface area contributed by atoms with Gasteiger partial charge in [-0.05, 0) is 56.3 Å². The van der Waals surface area contributed by atoms with Gasteiger partial charge in [-0.1, -0.05) is 17.7 Å². The van der Waals surface area contributed by atoms with Crippen molar-refractivity contribution < 1.29 is 9.59 Å². The first-order valence-electron chi connectivity index (χ1n) is 8.61. The average molecular weight is 391 g/mol. The second-order valence-corrected chi connectivity index (χ2v) is 7.26. The fourth-order valence-corrected chi connectivity index (χ4v) is 3.42. The van der Waals surface area contributed by atoms with E-state index in [-0.39, 0.29) is 11.8 Å². The first-order valence-corrected chi connectivity index (χ1v) is 9.97. The van der Waals surface area contributed by atoms with Crippen molar-refractivity contribution >= 4 is 40.9 Å². The zero-order valence-electron chi connectivity index (χ0n) is 15.0. The molecule has 2 amide bonds. The fraction of sp³-hybridized carbons (Fsp3) is 0.300. The minimum atomic E-state index is -0.0705. The summed E-state index contributed by atoms with van der Waals surface area (Å²) in [4.78, 5) is 27.4. The molecule has 0 radical (unpaired) electrons. The van der Waals surface area contributed by atoms with E-state index < -0.39 is 0 Å². The lowest BCUT2D eigenvalue weighted by molar-refractivity contribution is -0.115. The maximum atomic E-state index is 12.4. The van der Waals surface area contributed by atoms with Gasteiger partial charge in [-0.3, -0.25) is 9.59 Å². The number of benzene rings is 2. The molecule has 0 spiro atoms. The van der Waals surface area contributed by atoms with Crippen LogP contribution in [0, 0.1) is 0 Å². The molecule has 0 bridgehead atoms. The van der Waals surface area contributed by atoms with Gasteiger partial charge in [-0.2, -0.15) is 0 Å². The molecule has 0 saturated carbocycles. The number of nitrogens with one attached hydrogen (secondary N) is 1. The van der Waals surface area contributed by atoms with Crippen molar-refractivity contribution in [3.63, 3.8) is 0 Å². The predicted molar refractivity (Wildman–Crippen MR) is 109 cm³/mol. The third-order valence-electron chi connectivity index (χ3n) is 3.86. The molecule has 2 rings (SSSR count). The Kier molecular flexibility index (Phi) is 8.01. The van der Waals surface area contributed by atoms with Crippen LogP contribution in [0.3, 0.4) is 0 Å². The molecule has 0 saturated heterocycles. The van der Waals surface area contributed by atoms with Gasteiger partial charge in [0.05, 0.1) is 0 Å². The minimum Gasteiger partial charge on any atom is -0.339 e. The van der Waals surface area contributed by atoms with Crippen molar-refractivity contribution in [3.05, 3.63) is 59.1 Å². The molecule has 1 N–H and O–H groups in total. The molecule has 2 aromatic carbocycles. The van der Waals surface area contributed by atoms with Crippen LogP contribution in [0.5, 0.6) is 0 Å². The van der Waals surface area contributed by atoms with Crippen LogP contribution in [0.1, 0.15) is 30.6 Å². The summed E-state index contributed by atoms with van der Waals surface area (Å²) in [6.07, 6.45) is 0.390. The maximum Gasteiger partial charge on any atom is 0.253 e. The van der Waals surface area contributed by atoms with Crippen molar-refractivity contribution in [1.29, 1.82) is 0 Å². The number of rotatable bonds is 8. The van der Waals surface area contributed by atoms with Gasteiger partial charge in [-0.15, -0.1) is 11.8 Å². The van der Waals surface area contributed by atoms with Crippen LogP contribution < -0.4 is 5.32 Å². The monoisotopic (exact) mass is 390 g/mol. The summed E-state index contributed by atoms with van der Waals surface area (Å²) in [5, 5.41) is 3.56. The van der Waals surface area contributed by atoms with Crippen molar-refractivity contribution in [3.8, 4) is 0 Å².